The summed E-state index contributed by atoms with van der Waals surface area (Å²) in [6.45, 7) is 1.24. The van der Waals surface area contributed by atoms with Gasteiger partial charge in [-0.1, -0.05) is 60.7 Å². The second kappa shape index (κ2) is 6.45. The number of ether oxygens (including phenoxy) is 1. The van der Waals surface area contributed by atoms with Crippen LogP contribution in [0.15, 0.2) is 65.8 Å². The van der Waals surface area contributed by atoms with Gasteiger partial charge in [0.1, 0.15) is 6.04 Å². The quantitative estimate of drug-likeness (QED) is 0.939. The van der Waals surface area contributed by atoms with E-state index in [4.69, 9.17) is 4.74 Å². The highest BCUT2D eigenvalue weighted by Crippen LogP contribution is 2.26. The van der Waals surface area contributed by atoms with Gasteiger partial charge in [-0.3, -0.25) is 4.79 Å². The minimum Gasteiger partial charge on any atom is -0.372 e. The lowest BCUT2D eigenvalue weighted by molar-refractivity contribution is -0.125. The van der Waals surface area contributed by atoms with Gasteiger partial charge in [-0.15, -0.1) is 0 Å². The van der Waals surface area contributed by atoms with Gasteiger partial charge in [0.05, 0.1) is 12.7 Å². The Morgan fingerprint density at radius 3 is 2.54 bits per heavy atom. The summed E-state index contributed by atoms with van der Waals surface area (Å²) in [6.07, 6.45) is 0.706. The van der Waals surface area contributed by atoms with Crippen molar-refractivity contribution in [2.75, 3.05) is 6.54 Å². The summed E-state index contributed by atoms with van der Waals surface area (Å²) in [7, 11) is 0. The molecule has 5 heteroatoms. The summed E-state index contributed by atoms with van der Waals surface area (Å²) in [5, 5.41) is 4.26. The average Bonchev–Trinajstić information content (AvgIpc) is 3.07. The van der Waals surface area contributed by atoms with Crippen LogP contribution in [0.2, 0.25) is 0 Å². The molecule has 2 heterocycles. The Labute approximate surface area is 140 Å². The zero-order chi connectivity index (χ0) is 16.4. The Balaban J connectivity index is 1.48. The third kappa shape index (κ3) is 2.90. The number of benzene rings is 2. The minimum atomic E-state index is -0.210. The molecule has 0 spiro atoms. The van der Waals surface area contributed by atoms with Crippen LogP contribution in [0.4, 0.5) is 0 Å². The van der Waals surface area contributed by atoms with Crippen LogP contribution in [0.25, 0.3) is 0 Å². The topological polar surface area (TPSA) is 53.9 Å². The maximum Gasteiger partial charge on any atom is 0.262 e. The van der Waals surface area contributed by atoms with Gasteiger partial charge in [-0.05, 0) is 5.56 Å². The first-order valence-corrected chi connectivity index (χ1v) is 8.16. The molecule has 0 radical (unpaired) electrons. The van der Waals surface area contributed by atoms with Gasteiger partial charge in [0, 0.05) is 18.5 Å². The minimum absolute atomic E-state index is 0.0213. The molecule has 2 aliphatic rings. The SMILES string of the molecule is O=C1NN=C(c2ccccc2)N2C[C@H](OCc3ccccc3)C[C@@H]12. The summed E-state index contributed by atoms with van der Waals surface area (Å²) in [4.78, 5) is 14.2. The van der Waals surface area contributed by atoms with Crippen LogP contribution < -0.4 is 5.43 Å². The van der Waals surface area contributed by atoms with Gasteiger partial charge >= 0.3 is 0 Å². The number of amides is 1. The van der Waals surface area contributed by atoms with E-state index in [9.17, 15) is 4.79 Å². The Hall–Kier alpha value is -2.66. The second-order valence-corrected chi connectivity index (χ2v) is 6.10. The fourth-order valence-corrected chi connectivity index (χ4v) is 3.25. The molecule has 1 fully saturated rings. The zero-order valence-corrected chi connectivity index (χ0v) is 13.3. The van der Waals surface area contributed by atoms with Gasteiger partial charge in [-0.2, -0.15) is 5.10 Å². The fraction of sp³-hybridized carbons (Fsp3) is 0.263. The van der Waals surface area contributed by atoms with E-state index >= 15 is 0 Å². The molecule has 5 nitrogen and oxygen atoms in total. The summed E-state index contributed by atoms with van der Waals surface area (Å²) in [5.41, 5.74) is 4.80. The molecule has 1 amide bonds. The van der Waals surface area contributed by atoms with Gasteiger partial charge < -0.3 is 9.64 Å². The van der Waals surface area contributed by atoms with Gasteiger partial charge in [0.2, 0.25) is 0 Å². The van der Waals surface area contributed by atoms with E-state index in [1.165, 1.54) is 0 Å². The molecule has 2 aromatic rings. The third-order valence-electron chi connectivity index (χ3n) is 4.47. The van der Waals surface area contributed by atoms with Crippen LogP contribution in [0.1, 0.15) is 17.5 Å². The maximum absolute atomic E-state index is 12.2. The molecule has 2 atom stereocenters. The molecule has 0 saturated carbocycles. The van der Waals surface area contributed by atoms with Gasteiger partial charge in [-0.25, -0.2) is 5.43 Å². The largest absolute Gasteiger partial charge is 0.372 e. The molecule has 0 aliphatic carbocycles. The van der Waals surface area contributed by atoms with E-state index in [0.29, 0.717) is 19.6 Å². The molecule has 24 heavy (non-hydrogen) atoms. The lowest BCUT2D eigenvalue weighted by atomic mass is 10.1. The first kappa shape index (κ1) is 14.9. The number of amidine groups is 1. The maximum atomic E-state index is 12.2. The predicted octanol–water partition coefficient (Wildman–Crippen LogP) is 2.14. The number of fused-ring (bicyclic) bond motifs is 1. The van der Waals surface area contributed by atoms with Crippen LogP contribution in [0.5, 0.6) is 0 Å². The van der Waals surface area contributed by atoms with E-state index in [0.717, 1.165) is 17.0 Å². The van der Waals surface area contributed by atoms with E-state index < -0.39 is 0 Å². The summed E-state index contributed by atoms with van der Waals surface area (Å²) in [5.74, 6) is 0.756. The number of hydrogen-bond donors (Lipinski definition) is 1. The molecule has 0 bridgehead atoms. The molecule has 122 valence electrons. The van der Waals surface area contributed by atoms with Crippen molar-refractivity contribution in [3.8, 4) is 0 Å². The van der Waals surface area contributed by atoms with E-state index in [1.807, 2.05) is 60.7 Å². The Morgan fingerprint density at radius 1 is 1.08 bits per heavy atom. The second-order valence-electron chi connectivity index (χ2n) is 6.10. The normalized spacial score (nSPS) is 22.8. The predicted molar refractivity (Wildman–Crippen MR) is 91.3 cm³/mol. The summed E-state index contributed by atoms with van der Waals surface area (Å²) >= 11 is 0. The standard InChI is InChI=1S/C19H19N3O2/c23-19-17-11-16(24-13-14-7-3-1-4-8-14)12-22(17)18(20-21-19)15-9-5-2-6-10-15/h1-10,16-17H,11-13H2,(H,21,23)/t16-,17+/m1/s1. The van der Waals surface area contributed by atoms with Crippen molar-refractivity contribution in [3.63, 3.8) is 0 Å². The van der Waals surface area contributed by atoms with Crippen LogP contribution in [-0.4, -0.2) is 35.3 Å². The number of nitrogens with one attached hydrogen (secondary N) is 1. The Bertz CT molecular complexity index is 746. The smallest absolute Gasteiger partial charge is 0.262 e. The van der Waals surface area contributed by atoms with Gasteiger partial charge in [0.15, 0.2) is 5.84 Å². The van der Waals surface area contributed by atoms with E-state index in [-0.39, 0.29) is 18.1 Å². The molecule has 4 rings (SSSR count). The zero-order valence-electron chi connectivity index (χ0n) is 13.3. The van der Waals surface area contributed by atoms with Crippen LogP contribution in [0.3, 0.4) is 0 Å². The number of carbonyl (C=O) groups excluding carboxylic acids is 1. The molecule has 0 aromatic heterocycles. The van der Waals surface area contributed by atoms with Crippen molar-refractivity contribution in [2.24, 2.45) is 5.10 Å². The van der Waals surface area contributed by atoms with Crippen molar-refractivity contribution >= 4 is 11.7 Å². The van der Waals surface area contributed by atoms with Gasteiger partial charge in [0.25, 0.3) is 5.91 Å². The highest BCUT2D eigenvalue weighted by atomic mass is 16.5. The summed E-state index contributed by atoms with van der Waals surface area (Å²) in [6, 6.07) is 19.8. The van der Waals surface area contributed by atoms with Crippen LogP contribution in [0, 0.1) is 0 Å². The highest BCUT2D eigenvalue weighted by Gasteiger charge is 2.41. The molecular weight excluding hydrogens is 302 g/mol. The Kier molecular flexibility index (Phi) is 4.01. The van der Waals surface area contributed by atoms with Crippen molar-refractivity contribution in [1.29, 1.82) is 0 Å². The summed E-state index contributed by atoms with van der Waals surface area (Å²) < 4.78 is 6.04. The number of nitrogens with zero attached hydrogens (tertiary/aromatic N) is 2. The lowest BCUT2D eigenvalue weighted by Gasteiger charge is -2.30. The molecule has 1 saturated heterocycles. The first-order valence-electron chi connectivity index (χ1n) is 8.16. The fourth-order valence-electron chi connectivity index (χ4n) is 3.25. The Morgan fingerprint density at radius 2 is 1.79 bits per heavy atom. The highest BCUT2D eigenvalue weighted by molar-refractivity contribution is 6.04. The number of rotatable bonds is 4. The van der Waals surface area contributed by atoms with E-state index in [1.54, 1.807) is 0 Å². The lowest BCUT2D eigenvalue weighted by Crippen LogP contribution is -2.50. The number of carbonyl (C=O) groups is 1. The first-order chi connectivity index (χ1) is 11.8. The molecular formula is C19H19N3O2. The van der Waals surface area contributed by atoms with Crippen LogP contribution >= 0.6 is 0 Å². The molecule has 0 unspecified atom stereocenters. The van der Waals surface area contributed by atoms with Crippen LogP contribution in [-0.2, 0) is 16.1 Å². The monoisotopic (exact) mass is 321 g/mol. The average molecular weight is 321 g/mol. The molecule has 1 N–H and O–H groups in total. The molecule has 2 aliphatic heterocycles. The third-order valence-corrected chi connectivity index (χ3v) is 4.47. The number of hydrogen-bond acceptors (Lipinski definition) is 4. The molecule has 2 aromatic carbocycles. The van der Waals surface area contributed by atoms with Crippen molar-refractivity contribution < 1.29 is 9.53 Å². The van der Waals surface area contributed by atoms with Crippen molar-refractivity contribution in [3.05, 3.63) is 71.8 Å². The number of hydrazone groups is 1. The van der Waals surface area contributed by atoms with Crippen molar-refractivity contribution in [2.45, 2.75) is 25.2 Å². The van der Waals surface area contributed by atoms with Crippen molar-refractivity contribution in [1.82, 2.24) is 10.3 Å². The van der Waals surface area contributed by atoms with E-state index in [2.05, 4.69) is 15.4 Å².